The van der Waals surface area contributed by atoms with E-state index in [1.165, 1.54) is 0 Å². The minimum Gasteiger partial charge on any atom is -0.377 e. The summed E-state index contributed by atoms with van der Waals surface area (Å²) >= 11 is 0. The Hall–Kier alpha value is -3.26. The maximum absolute atomic E-state index is 5.67. The number of nitrogens with zero attached hydrogens (tertiary/aromatic N) is 6. The van der Waals surface area contributed by atoms with Crippen LogP contribution in [-0.4, -0.2) is 55.5 Å². The highest BCUT2D eigenvalue weighted by Crippen LogP contribution is 2.33. The number of hydrogen-bond donors (Lipinski definition) is 1. The van der Waals surface area contributed by atoms with Gasteiger partial charge in [-0.2, -0.15) is 5.10 Å². The Morgan fingerprint density at radius 3 is 2.78 bits per heavy atom. The van der Waals surface area contributed by atoms with Gasteiger partial charge in [-0.1, -0.05) is 0 Å². The van der Waals surface area contributed by atoms with Crippen LogP contribution in [0.3, 0.4) is 0 Å². The van der Waals surface area contributed by atoms with Gasteiger partial charge in [0.1, 0.15) is 11.5 Å². The zero-order valence-electron chi connectivity index (χ0n) is 19.3. The molecule has 8 heteroatoms. The molecular weight excluding hydrogens is 402 g/mol. The number of hydrogen-bond acceptors (Lipinski definition) is 6. The number of nitrogens with one attached hydrogen (secondary N) is 1. The lowest BCUT2D eigenvalue weighted by atomic mass is 10.1. The molecule has 5 heterocycles. The summed E-state index contributed by atoms with van der Waals surface area (Å²) in [4.78, 5) is 20.1. The average Bonchev–Trinajstić information content (AvgIpc) is 3.37. The first-order valence-electron chi connectivity index (χ1n) is 11.2. The summed E-state index contributed by atoms with van der Waals surface area (Å²) in [6, 6.07) is 6.66. The number of ether oxygens (including phenoxy) is 1. The third-order valence-electron chi connectivity index (χ3n) is 6.15. The molecule has 1 N–H and O–H groups in total. The SMILES string of the molecule is Cc1nn(C(C)C)c(C)c1-c1nc(-c2ccnc3[nH]ccc23)cc(N2CCOC[C@H]2C)n1. The van der Waals surface area contributed by atoms with Gasteiger partial charge in [-0.3, -0.25) is 4.68 Å². The Morgan fingerprint density at radius 2 is 2.03 bits per heavy atom. The van der Waals surface area contributed by atoms with E-state index in [1.807, 2.05) is 31.5 Å². The first-order valence-corrected chi connectivity index (χ1v) is 11.2. The molecule has 0 aromatic carbocycles. The smallest absolute Gasteiger partial charge is 0.165 e. The van der Waals surface area contributed by atoms with Crippen molar-refractivity contribution in [2.45, 2.75) is 46.7 Å². The van der Waals surface area contributed by atoms with Gasteiger partial charge >= 0.3 is 0 Å². The molecule has 32 heavy (non-hydrogen) atoms. The maximum atomic E-state index is 5.67. The van der Waals surface area contributed by atoms with Gasteiger partial charge in [0.15, 0.2) is 5.82 Å². The number of morpholine rings is 1. The highest BCUT2D eigenvalue weighted by molar-refractivity contribution is 5.92. The number of aromatic nitrogens is 6. The number of fused-ring (bicyclic) bond motifs is 1. The van der Waals surface area contributed by atoms with Crippen LogP contribution in [0, 0.1) is 13.8 Å². The van der Waals surface area contributed by atoms with Crippen molar-refractivity contribution in [1.29, 1.82) is 0 Å². The number of aryl methyl sites for hydroxylation is 1. The second-order valence-electron chi connectivity index (χ2n) is 8.73. The van der Waals surface area contributed by atoms with Crippen molar-refractivity contribution in [2.24, 2.45) is 0 Å². The van der Waals surface area contributed by atoms with Crippen molar-refractivity contribution < 1.29 is 4.74 Å². The van der Waals surface area contributed by atoms with Crippen LogP contribution in [0.5, 0.6) is 0 Å². The lowest BCUT2D eigenvalue weighted by Gasteiger charge is -2.34. The van der Waals surface area contributed by atoms with Gasteiger partial charge in [-0.15, -0.1) is 0 Å². The second kappa shape index (κ2) is 8.02. The Bertz CT molecular complexity index is 1270. The van der Waals surface area contributed by atoms with Gasteiger partial charge in [0.25, 0.3) is 0 Å². The number of anilines is 1. The molecule has 1 atom stereocenters. The largest absolute Gasteiger partial charge is 0.377 e. The first kappa shape index (κ1) is 20.6. The normalized spacial score (nSPS) is 16.9. The number of H-pyrrole nitrogens is 1. The summed E-state index contributed by atoms with van der Waals surface area (Å²) in [6.45, 7) is 12.8. The summed E-state index contributed by atoms with van der Waals surface area (Å²) in [6.07, 6.45) is 3.73. The molecule has 0 bridgehead atoms. The first-order chi connectivity index (χ1) is 15.4. The molecule has 1 fully saturated rings. The Balaban J connectivity index is 1.73. The van der Waals surface area contributed by atoms with Crippen LogP contribution in [0.15, 0.2) is 30.6 Å². The number of pyridine rings is 1. The quantitative estimate of drug-likeness (QED) is 0.518. The molecule has 5 rings (SSSR count). The van der Waals surface area contributed by atoms with Gasteiger partial charge in [0.2, 0.25) is 0 Å². The minimum atomic E-state index is 0.240. The molecule has 0 radical (unpaired) electrons. The van der Waals surface area contributed by atoms with Crippen LogP contribution in [0.25, 0.3) is 33.7 Å². The van der Waals surface area contributed by atoms with Crippen molar-refractivity contribution in [2.75, 3.05) is 24.7 Å². The van der Waals surface area contributed by atoms with E-state index in [0.717, 1.165) is 51.6 Å². The molecular formula is C24H29N7O. The zero-order valence-corrected chi connectivity index (χ0v) is 19.3. The van der Waals surface area contributed by atoms with Gasteiger partial charge < -0.3 is 14.6 Å². The van der Waals surface area contributed by atoms with Crippen LogP contribution in [0.4, 0.5) is 5.82 Å². The molecule has 4 aromatic rings. The zero-order chi connectivity index (χ0) is 22.4. The minimum absolute atomic E-state index is 0.240. The molecule has 0 aliphatic carbocycles. The van der Waals surface area contributed by atoms with Gasteiger partial charge in [0, 0.05) is 47.7 Å². The predicted molar refractivity (Wildman–Crippen MR) is 126 cm³/mol. The lowest BCUT2D eigenvalue weighted by molar-refractivity contribution is 0.0985. The average molecular weight is 432 g/mol. The Kier molecular flexibility index (Phi) is 5.17. The lowest BCUT2D eigenvalue weighted by Crippen LogP contribution is -2.44. The second-order valence-corrected chi connectivity index (χ2v) is 8.73. The van der Waals surface area contributed by atoms with E-state index in [1.54, 1.807) is 0 Å². The molecule has 0 amide bonds. The Labute approximate surface area is 187 Å². The van der Waals surface area contributed by atoms with Gasteiger partial charge in [-0.25, -0.2) is 15.0 Å². The fourth-order valence-corrected chi connectivity index (χ4v) is 4.57. The van der Waals surface area contributed by atoms with E-state index in [0.29, 0.717) is 19.0 Å². The molecule has 0 spiro atoms. The van der Waals surface area contributed by atoms with Gasteiger partial charge in [0.05, 0.1) is 36.2 Å². The molecule has 8 nitrogen and oxygen atoms in total. The fourth-order valence-electron chi connectivity index (χ4n) is 4.57. The van der Waals surface area contributed by atoms with Crippen molar-refractivity contribution in [3.63, 3.8) is 0 Å². The molecule has 0 unspecified atom stereocenters. The molecule has 1 saturated heterocycles. The summed E-state index contributed by atoms with van der Waals surface area (Å²) in [5.74, 6) is 1.62. The summed E-state index contributed by atoms with van der Waals surface area (Å²) in [5, 5.41) is 5.82. The van der Waals surface area contributed by atoms with E-state index in [-0.39, 0.29) is 12.1 Å². The van der Waals surface area contributed by atoms with E-state index < -0.39 is 0 Å². The topological polar surface area (TPSA) is 84.8 Å². The Morgan fingerprint density at radius 1 is 1.19 bits per heavy atom. The summed E-state index contributed by atoms with van der Waals surface area (Å²) in [7, 11) is 0. The molecule has 0 saturated carbocycles. The van der Waals surface area contributed by atoms with E-state index in [2.05, 4.69) is 53.3 Å². The molecule has 1 aliphatic heterocycles. The number of aromatic amines is 1. The monoisotopic (exact) mass is 431 g/mol. The molecule has 166 valence electrons. The van der Waals surface area contributed by atoms with Crippen LogP contribution in [0.1, 0.15) is 38.2 Å². The van der Waals surface area contributed by atoms with Crippen molar-refractivity contribution in [3.05, 3.63) is 42.0 Å². The van der Waals surface area contributed by atoms with Crippen LogP contribution in [0.2, 0.25) is 0 Å². The highest BCUT2D eigenvalue weighted by atomic mass is 16.5. The van der Waals surface area contributed by atoms with Crippen molar-refractivity contribution >= 4 is 16.9 Å². The number of rotatable bonds is 4. The predicted octanol–water partition coefficient (Wildman–Crippen LogP) is 4.31. The third-order valence-corrected chi connectivity index (χ3v) is 6.15. The fraction of sp³-hybridized carbons (Fsp3) is 0.417. The van der Waals surface area contributed by atoms with Crippen molar-refractivity contribution in [3.8, 4) is 22.6 Å². The van der Waals surface area contributed by atoms with E-state index >= 15 is 0 Å². The summed E-state index contributed by atoms with van der Waals surface area (Å²) in [5.41, 5.74) is 5.79. The molecule has 4 aromatic heterocycles. The van der Waals surface area contributed by atoms with Crippen LogP contribution in [-0.2, 0) is 4.74 Å². The van der Waals surface area contributed by atoms with Gasteiger partial charge in [-0.05, 0) is 46.8 Å². The van der Waals surface area contributed by atoms with E-state index in [4.69, 9.17) is 19.8 Å². The molecule has 1 aliphatic rings. The van der Waals surface area contributed by atoms with Crippen LogP contribution >= 0.6 is 0 Å². The maximum Gasteiger partial charge on any atom is 0.165 e. The highest BCUT2D eigenvalue weighted by Gasteiger charge is 2.25. The standard InChI is InChI=1S/C24H29N7O/c1-14(2)31-17(5)22(16(4)29-31)24-27-20(18-6-8-25-23-19(18)7-9-26-23)12-21(28-24)30-10-11-32-13-15(30)3/h6-9,12,14-15H,10-11,13H2,1-5H3,(H,25,26)/t15-/m1/s1. The van der Waals surface area contributed by atoms with Crippen LogP contribution < -0.4 is 4.90 Å². The third kappa shape index (κ3) is 3.44. The van der Waals surface area contributed by atoms with Crippen molar-refractivity contribution in [1.82, 2.24) is 29.7 Å². The summed E-state index contributed by atoms with van der Waals surface area (Å²) < 4.78 is 7.72. The van der Waals surface area contributed by atoms with E-state index in [9.17, 15) is 0 Å².